The van der Waals surface area contributed by atoms with Gasteiger partial charge in [0.15, 0.2) is 6.29 Å². The fraction of sp³-hybridized carbons (Fsp3) is 0.100. The molecule has 12 heavy (non-hydrogen) atoms. The largest absolute Gasteiger partial charge is 0.398 e. The minimum Gasteiger partial charge on any atom is -0.398 e. The second kappa shape index (κ2) is 3.59. The Morgan fingerprint density at radius 2 is 2.25 bits per heavy atom. The lowest BCUT2D eigenvalue weighted by Gasteiger charge is -1.98. The zero-order valence-corrected chi connectivity index (χ0v) is 6.79. The molecule has 0 saturated carbocycles. The van der Waals surface area contributed by atoms with Crippen LogP contribution in [0.2, 0.25) is 0 Å². The lowest BCUT2D eigenvalue weighted by atomic mass is 10.1. The van der Waals surface area contributed by atoms with Gasteiger partial charge in [-0.05, 0) is 30.5 Å². The number of nitrogens with two attached hydrogens (primary N) is 1. The lowest BCUT2D eigenvalue weighted by molar-refractivity contribution is -0.103. The molecule has 0 heterocycles. The molecule has 0 aliphatic heterocycles. The van der Waals surface area contributed by atoms with Crippen molar-refractivity contribution in [3.05, 3.63) is 29.3 Å². The third kappa shape index (κ3) is 1.86. The smallest absolute Gasteiger partial charge is 0.193 e. The topological polar surface area (TPSA) is 43.1 Å². The second-order valence-electron chi connectivity index (χ2n) is 2.48. The first kappa shape index (κ1) is 8.35. The van der Waals surface area contributed by atoms with Gasteiger partial charge in [0.25, 0.3) is 0 Å². The molecule has 0 aromatic heterocycles. The second-order valence-corrected chi connectivity index (χ2v) is 2.48. The van der Waals surface area contributed by atoms with Gasteiger partial charge < -0.3 is 5.73 Å². The van der Waals surface area contributed by atoms with Crippen molar-refractivity contribution in [2.75, 3.05) is 5.73 Å². The predicted octanol–water partition coefficient (Wildman–Crippen LogP) is 1.13. The van der Waals surface area contributed by atoms with E-state index in [1.54, 1.807) is 6.07 Å². The average molecular weight is 159 g/mol. The maximum Gasteiger partial charge on any atom is 0.193 e. The number of hydrogen-bond donors (Lipinski definition) is 1. The number of aldehydes is 1. The van der Waals surface area contributed by atoms with Gasteiger partial charge in [-0.3, -0.25) is 4.79 Å². The third-order valence-corrected chi connectivity index (χ3v) is 1.47. The van der Waals surface area contributed by atoms with E-state index >= 15 is 0 Å². The van der Waals surface area contributed by atoms with E-state index in [4.69, 9.17) is 5.73 Å². The lowest BCUT2D eigenvalue weighted by Crippen LogP contribution is -1.90. The SMILES string of the molecule is Cc1ccc(C#CC=O)c(N)c1. The van der Waals surface area contributed by atoms with E-state index in [1.165, 1.54) is 0 Å². The van der Waals surface area contributed by atoms with Crippen LogP contribution in [0.3, 0.4) is 0 Å². The van der Waals surface area contributed by atoms with E-state index in [1.807, 2.05) is 19.1 Å². The van der Waals surface area contributed by atoms with Crippen molar-refractivity contribution in [1.29, 1.82) is 0 Å². The van der Waals surface area contributed by atoms with E-state index in [0.29, 0.717) is 17.5 Å². The van der Waals surface area contributed by atoms with Crippen LogP contribution in [0.4, 0.5) is 5.69 Å². The summed E-state index contributed by atoms with van der Waals surface area (Å²) < 4.78 is 0. The number of benzene rings is 1. The molecule has 0 fully saturated rings. The summed E-state index contributed by atoms with van der Waals surface area (Å²) in [4.78, 5) is 9.94. The molecule has 0 aliphatic carbocycles. The fourth-order valence-corrected chi connectivity index (χ4v) is 0.903. The van der Waals surface area contributed by atoms with Crippen LogP contribution in [0, 0.1) is 18.8 Å². The van der Waals surface area contributed by atoms with Crippen LogP contribution >= 0.6 is 0 Å². The number of anilines is 1. The Hall–Kier alpha value is -1.75. The van der Waals surface area contributed by atoms with Crippen molar-refractivity contribution < 1.29 is 4.79 Å². The summed E-state index contributed by atoms with van der Waals surface area (Å²) in [5, 5.41) is 0. The molecule has 0 spiro atoms. The van der Waals surface area contributed by atoms with Crippen LogP contribution in [-0.2, 0) is 4.79 Å². The molecule has 1 aromatic carbocycles. The predicted molar refractivity (Wildman–Crippen MR) is 48.5 cm³/mol. The Labute approximate surface area is 71.4 Å². The molecule has 2 N–H and O–H groups in total. The first-order chi connectivity index (χ1) is 5.74. The highest BCUT2D eigenvalue weighted by atomic mass is 16.1. The minimum atomic E-state index is 0.555. The highest BCUT2D eigenvalue weighted by molar-refractivity contribution is 5.75. The van der Waals surface area contributed by atoms with E-state index in [0.717, 1.165) is 5.56 Å². The van der Waals surface area contributed by atoms with Crippen molar-refractivity contribution in [3.63, 3.8) is 0 Å². The third-order valence-electron chi connectivity index (χ3n) is 1.47. The molecule has 1 aromatic rings. The van der Waals surface area contributed by atoms with Crippen LogP contribution < -0.4 is 5.73 Å². The molecule has 0 radical (unpaired) electrons. The Balaban J connectivity index is 3.09. The van der Waals surface area contributed by atoms with E-state index in [2.05, 4.69) is 11.8 Å². The van der Waals surface area contributed by atoms with Crippen molar-refractivity contribution in [2.24, 2.45) is 0 Å². The van der Waals surface area contributed by atoms with E-state index < -0.39 is 0 Å². The zero-order chi connectivity index (χ0) is 8.97. The molecule has 0 bridgehead atoms. The maximum absolute atomic E-state index is 9.94. The van der Waals surface area contributed by atoms with Gasteiger partial charge in [0.05, 0.1) is 0 Å². The van der Waals surface area contributed by atoms with Crippen molar-refractivity contribution >= 4 is 12.0 Å². The van der Waals surface area contributed by atoms with Crippen molar-refractivity contribution in [1.82, 2.24) is 0 Å². The van der Waals surface area contributed by atoms with Crippen LogP contribution in [0.1, 0.15) is 11.1 Å². The molecule has 0 atom stereocenters. The molecule has 0 saturated heterocycles. The van der Waals surface area contributed by atoms with Gasteiger partial charge in [-0.25, -0.2) is 0 Å². The van der Waals surface area contributed by atoms with Crippen molar-refractivity contribution in [3.8, 4) is 11.8 Å². The maximum atomic E-state index is 9.94. The summed E-state index contributed by atoms with van der Waals surface area (Å²) in [6, 6.07) is 5.54. The normalized spacial score (nSPS) is 8.42. The van der Waals surface area contributed by atoms with Gasteiger partial charge >= 0.3 is 0 Å². The summed E-state index contributed by atoms with van der Waals surface area (Å²) in [7, 11) is 0. The monoisotopic (exact) mass is 159 g/mol. The van der Waals surface area contributed by atoms with E-state index in [9.17, 15) is 4.79 Å². The van der Waals surface area contributed by atoms with Gasteiger partial charge in [-0.2, -0.15) is 0 Å². The van der Waals surface area contributed by atoms with Gasteiger partial charge in [0.2, 0.25) is 0 Å². The Morgan fingerprint density at radius 1 is 1.50 bits per heavy atom. The van der Waals surface area contributed by atoms with Crippen LogP contribution in [0.5, 0.6) is 0 Å². The number of aryl methyl sites for hydroxylation is 1. The van der Waals surface area contributed by atoms with Gasteiger partial charge in [0, 0.05) is 11.3 Å². The highest BCUT2D eigenvalue weighted by Gasteiger charge is 1.93. The first-order valence-corrected chi connectivity index (χ1v) is 3.55. The number of carbonyl (C=O) groups is 1. The average Bonchev–Trinajstić information content (AvgIpc) is 2.03. The molecule has 0 unspecified atom stereocenters. The molecule has 1 rings (SSSR count). The summed E-state index contributed by atoms with van der Waals surface area (Å²) in [6.45, 7) is 1.95. The summed E-state index contributed by atoms with van der Waals surface area (Å²) in [6.07, 6.45) is 0.555. The summed E-state index contributed by atoms with van der Waals surface area (Å²) >= 11 is 0. The quantitative estimate of drug-likeness (QED) is 0.350. The summed E-state index contributed by atoms with van der Waals surface area (Å²) in [5.41, 5.74) is 8.05. The number of rotatable bonds is 0. The molecule has 0 amide bonds. The standard InChI is InChI=1S/C10H9NO/c1-8-4-5-9(3-2-6-12)10(11)7-8/h4-7H,11H2,1H3. The Kier molecular flexibility index (Phi) is 2.49. The number of carbonyl (C=O) groups excluding carboxylic acids is 1. The van der Waals surface area contributed by atoms with Crippen molar-refractivity contribution in [2.45, 2.75) is 6.92 Å². The molecule has 60 valence electrons. The minimum absolute atomic E-state index is 0.555. The molecular weight excluding hydrogens is 150 g/mol. The highest BCUT2D eigenvalue weighted by Crippen LogP contribution is 2.11. The van der Waals surface area contributed by atoms with Crippen LogP contribution in [-0.4, -0.2) is 6.29 Å². The molecule has 2 nitrogen and oxygen atoms in total. The Morgan fingerprint density at radius 3 is 2.83 bits per heavy atom. The Bertz CT molecular complexity index is 358. The van der Waals surface area contributed by atoms with Gasteiger partial charge in [-0.1, -0.05) is 12.0 Å². The molecular formula is C10H9NO. The zero-order valence-electron chi connectivity index (χ0n) is 6.79. The van der Waals surface area contributed by atoms with Gasteiger partial charge in [0.1, 0.15) is 0 Å². The van der Waals surface area contributed by atoms with Crippen LogP contribution in [0.15, 0.2) is 18.2 Å². The van der Waals surface area contributed by atoms with E-state index in [-0.39, 0.29) is 0 Å². The van der Waals surface area contributed by atoms with Crippen LogP contribution in [0.25, 0.3) is 0 Å². The fourth-order valence-electron chi connectivity index (χ4n) is 0.903. The first-order valence-electron chi connectivity index (χ1n) is 3.55. The molecule has 2 heteroatoms. The number of hydrogen-bond acceptors (Lipinski definition) is 2. The van der Waals surface area contributed by atoms with Gasteiger partial charge in [-0.15, -0.1) is 0 Å². The molecule has 0 aliphatic rings. The summed E-state index contributed by atoms with van der Waals surface area (Å²) in [5.74, 6) is 4.96. The number of nitrogen functional groups attached to an aromatic ring is 1.